The first kappa shape index (κ1) is 16.9. The Morgan fingerprint density at radius 3 is 2.88 bits per heavy atom. The first-order valence-electron chi connectivity index (χ1n) is 7.91. The minimum Gasteiger partial charge on any atom is -0.490 e. The van der Waals surface area contributed by atoms with Gasteiger partial charge >= 0.3 is 0 Å². The molecule has 1 N–H and O–H groups in total. The molecule has 0 fully saturated rings. The lowest BCUT2D eigenvalue weighted by Crippen LogP contribution is -2.25. The first-order valence-corrected chi connectivity index (χ1v) is 7.91. The second-order valence-electron chi connectivity index (χ2n) is 5.40. The summed E-state index contributed by atoms with van der Waals surface area (Å²) in [7, 11) is 0. The van der Waals surface area contributed by atoms with Crippen LogP contribution in [-0.2, 0) is 6.42 Å². The molecule has 3 aromatic rings. The monoisotopic (exact) mass is 345 g/mol. The molecule has 0 radical (unpaired) electrons. The molecule has 0 saturated heterocycles. The van der Waals surface area contributed by atoms with E-state index in [1.807, 2.05) is 35.9 Å². The molecule has 25 heavy (non-hydrogen) atoms. The Bertz CT molecular complexity index is 908. The van der Waals surface area contributed by atoms with Crippen LogP contribution in [0.5, 0.6) is 5.75 Å². The molecule has 2 aromatic heterocycles. The van der Waals surface area contributed by atoms with E-state index in [1.165, 1.54) is 6.07 Å². The van der Waals surface area contributed by atoms with E-state index in [9.17, 15) is 13.6 Å². The van der Waals surface area contributed by atoms with Gasteiger partial charge in [0, 0.05) is 30.9 Å². The number of amides is 1. The van der Waals surface area contributed by atoms with Crippen LogP contribution in [0.4, 0.5) is 8.78 Å². The van der Waals surface area contributed by atoms with Crippen molar-refractivity contribution in [3.05, 3.63) is 65.6 Å². The number of nitrogens with one attached hydrogen (secondary N) is 1. The highest BCUT2D eigenvalue weighted by molar-refractivity contribution is 5.94. The van der Waals surface area contributed by atoms with Crippen molar-refractivity contribution in [2.75, 3.05) is 13.2 Å². The van der Waals surface area contributed by atoms with Gasteiger partial charge in [0.25, 0.3) is 5.91 Å². The number of fused-ring (bicyclic) bond motifs is 1. The van der Waals surface area contributed by atoms with Crippen LogP contribution >= 0.6 is 0 Å². The maximum Gasteiger partial charge on any atom is 0.251 e. The second kappa shape index (κ2) is 7.29. The van der Waals surface area contributed by atoms with Crippen molar-refractivity contribution in [1.82, 2.24) is 14.7 Å². The van der Waals surface area contributed by atoms with Crippen LogP contribution in [0.3, 0.4) is 0 Å². The molecule has 3 rings (SSSR count). The predicted octanol–water partition coefficient (Wildman–Crippen LogP) is 2.98. The van der Waals surface area contributed by atoms with Crippen LogP contribution in [0.15, 0.2) is 42.7 Å². The standard InChI is InChI=1S/C18H17F2N3O2/c1-2-25-16-4-3-9-23-11-13(22-17(16)23)7-8-21-18(24)12-5-6-14(19)15(20)10-12/h3-6,9-11H,2,7-8H2,1H3,(H,21,24). The van der Waals surface area contributed by atoms with Crippen molar-refractivity contribution < 1.29 is 18.3 Å². The Hall–Kier alpha value is -2.96. The zero-order chi connectivity index (χ0) is 17.8. The third kappa shape index (κ3) is 3.76. The molecule has 0 aliphatic rings. The Kier molecular flexibility index (Phi) is 4.92. The summed E-state index contributed by atoms with van der Waals surface area (Å²) in [6.07, 6.45) is 4.23. The summed E-state index contributed by atoms with van der Waals surface area (Å²) in [5, 5.41) is 2.67. The number of pyridine rings is 1. The summed E-state index contributed by atoms with van der Waals surface area (Å²) in [4.78, 5) is 16.5. The van der Waals surface area contributed by atoms with Gasteiger partial charge in [-0.3, -0.25) is 4.79 Å². The summed E-state index contributed by atoms with van der Waals surface area (Å²) in [6.45, 7) is 2.78. The fraction of sp³-hybridized carbons (Fsp3) is 0.222. The van der Waals surface area contributed by atoms with Crippen LogP contribution in [-0.4, -0.2) is 28.4 Å². The molecule has 0 aliphatic carbocycles. The number of nitrogens with zero attached hydrogens (tertiary/aromatic N) is 2. The molecular formula is C18H17F2N3O2. The number of hydrogen-bond donors (Lipinski definition) is 1. The molecule has 0 atom stereocenters. The molecule has 130 valence electrons. The number of benzene rings is 1. The van der Waals surface area contributed by atoms with E-state index in [4.69, 9.17) is 4.74 Å². The smallest absolute Gasteiger partial charge is 0.251 e. The average molecular weight is 345 g/mol. The number of halogens is 2. The number of rotatable bonds is 6. The van der Waals surface area contributed by atoms with Gasteiger partial charge < -0.3 is 14.5 Å². The van der Waals surface area contributed by atoms with Crippen molar-refractivity contribution >= 4 is 11.6 Å². The predicted molar refractivity (Wildman–Crippen MR) is 88.8 cm³/mol. The van der Waals surface area contributed by atoms with Crippen molar-refractivity contribution in [2.24, 2.45) is 0 Å². The van der Waals surface area contributed by atoms with Gasteiger partial charge in [-0.15, -0.1) is 0 Å². The van der Waals surface area contributed by atoms with Crippen LogP contribution in [0.25, 0.3) is 5.65 Å². The fourth-order valence-electron chi connectivity index (χ4n) is 2.47. The molecule has 0 bridgehead atoms. The number of carbonyl (C=O) groups is 1. The zero-order valence-corrected chi connectivity index (χ0v) is 13.6. The third-order valence-corrected chi connectivity index (χ3v) is 3.65. The number of ether oxygens (including phenoxy) is 1. The van der Waals surface area contributed by atoms with E-state index in [0.717, 1.165) is 17.8 Å². The lowest BCUT2D eigenvalue weighted by molar-refractivity contribution is 0.0953. The Morgan fingerprint density at radius 2 is 2.12 bits per heavy atom. The first-order chi connectivity index (χ1) is 12.1. The third-order valence-electron chi connectivity index (χ3n) is 3.65. The lowest BCUT2D eigenvalue weighted by atomic mass is 10.2. The van der Waals surface area contributed by atoms with Gasteiger partial charge in [0.05, 0.1) is 12.3 Å². The summed E-state index contributed by atoms with van der Waals surface area (Å²) in [5.41, 5.74) is 1.58. The quantitative estimate of drug-likeness (QED) is 0.747. The van der Waals surface area contributed by atoms with E-state index in [1.54, 1.807) is 0 Å². The Morgan fingerprint density at radius 1 is 1.28 bits per heavy atom. The minimum absolute atomic E-state index is 0.0764. The highest BCUT2D eigenvalue weighted by Gasteiger charge is 2.10. The van der Waals surface area contributed by atoms with E-state index in [2.05, 4.69) is 10.3 Å². The maximum absolute atomic E-state index is 13.2. The van der Waals surface area contributed by atoms with Gasteiger partial charge in [-0.05, 0) is 37.3 Å². The molecule has 1 amide bonds. The number of hydrogen-bond acceptors (Lipinski definition) is 3. The topological polar surface area (TPSA) is 55.6 Å². The molecule has 0 unspecified atom stereocenters. The van der Waals surface area contributed by atoms with E-state index >= 15 is 0 Å². The SMILES string of the molecule is CCOc1cccn2cc(CCNC(=O)c3ccc(F)c(F)c3)nc12. The van der Waals surface area contributed by atoms with E-state index < -0.39 is 17.5 Å². The van der Waals surface area contributed by atoms with Gasteiger partial charge in [0.2, 0.25) is 0 Å². The number of aromatic nitrogens is 2. The highest BCUT2D eigenvalue weighted by atomic mass is 19.2. The van der Waals surface area contributed by atoms with Crippen LogP contribution < -0.4 is 10.1 Å². The van der Waals surface area contributed by atoms with Gasteiger partial charge in [-0.1, -0.05) is 0 Å². The highest BCUT2D eigenvalue weighted by Crippen LogP contribution is 2.19. The van der Waals surface area contributed by atoms with Gasteiger partial charge in [-0.2, -0.15) is 0 Å². The van der Waals surface area contributed by atoms with Gasteiger partial charge in [0.1, 0.15) is 0 Å². The zero-order valence-electron chi connectivity index (χ0n) is 13.6. The van der Waals surface area contributed by atoms with E-state index in [0.29, 0.717) is 31.0 Å². The molecule has 5 nitrogen and oxygen atoms in total. The van der Waals surface area contributed by atoms with Gasteiger partial charge in [0.15, 0.2) is 23.0 Å². The average Bonchev–Trinajstić information content (AvgIpc) is 3.01. The molecule has 0 spiro atoms. The van der Waals surface area contributed by atoms with Crippen LogP contribution in [0, 0.1) is 11.6 Å². The molecule has 2 heterocycles. The van der Waals surface area contributed by atoms with Crippen molar-refractivity contribution in [3.8, 4) is 5.75 Å². The minimum atomic E-state index is -1.04. The molecule has 0 saturated carbocycles. The molecule has 0 aliphatic heterocycles. The van der Waals surface area contributed by atoms with Crippen molar-refractivity contribution in [3.63, 3.8) is 0 Å². The molecular weight excluding hydrogens is 328 g/mol. The Labute approximate surface area is 143 Å². The number of imidazole rings is 1. The number of carbonyl (C=O) groups excluding carboxylic acids is 1. The lowest BCUT2D eigenvalue weighted by Gasteiger charge is -2.04. The largest absolute Gasteiger partial charge is 0.490 e. The van der Waals surface area contributed by atoms with Gasteiger partial charge in [-0.25, -0.2) is 13.8 Å². The van der Waals surface area contributed by atoms with Crippen LogP contribution in [0.2, 0.25) is 0 Å². The molecule has 7 heteroatoms. The maximum atomic E-state index is 13.2. The van der Waals surface area contributed by atoms with Crippen LogP contribution in [0.1, 0.15) is 23.0 Å². The Balaban J connectivity index is 1.63. The summed E-state index contributed by atoms with van der Waals surface area (Å²) in [5.74, 6) is -1.79. The van der Waals surface area contributed by atoms with Crippen molar-refractivity contribution in [2.45, 2.75) is 13.3 Å². The fourth-order valence-corrected chi connectivity index (χ4v) is 2.47. The van der Waals surface area contributed by atoms with Crippen molar-refractivity contribution in [1.29, 1.82) is 0 Å². The van der Waals surface area contributed by atoms with E-state index in [-0.39, 0.29) is 5.56 Å². The summed E-state index contributed by atoms with van der Waals surface area (Å²) >= 11 is 0. The summed E-state index contributed by atoms with van der Waals surface area (Å²) < 4.78 is 33.5. The molecule has 1 aromatic carbocycles. The summed E-state index contributed by atoms with van der Waals surface area (Å²) in [6, 6.07) is 6.77. The second-order valence-corrected chi connectivity index (χ2v) is 5.40. The normalized spacial score (nSPS) is 10.8.